The number of aromatic carboxylic acids is 1. The first kappa shape index (κ1) is 8.58. The molecule has 0 aromatic carbocycles. The number of aromatic amines is 1. The van der Waals surface area contributed by atoms with Gasteiger partial charge < -0.3 is 10.1 Å². The van der Waals surface area contributed by atoms with Gasteiger partial charge in [-0.15, -0.1) is 0 Å². The van der Waals surface area contributed by atoms with Crippen LogP contribution in [0.5, 0.6) is 0 Å². The van der Waals surface area contributed by atoms with Gasteiger partial charge in [0.15, 0.2) is 0 Å². The Morgan fingerprint density at radius 1 is 1.55 bits per heavy atom. The summed E-state index contributed by atoms with van der Waals surface area (Å²) in [5.41, 5.74) is 1.93. The fourth-order valence-corrected chi connectivity index (χ4v) is 1.71. The van der Waals surface area contributed by atoms with Crippen molar-refractivity contribution in [2.24, 2.45) is 0 Å². The molecule has 1 rings (SSSR count). The van der Waals surface area contributed by atoms with Gasteiger partial charge in [0, 0.05) is 5.69 Å². The second kappa shape index (κ2) is 2.84. The quantitative estimate of drug-likeness (QED) is 0.762. The first-order chi connectivity index (χ1) is 5.04. The smallest absolute Gasteiger partial charge is 0.337 e. The number of hydrogen-bond acceptors (Lipinski definition) is 1. The van der Waals surface area contributed by atoms with Crippen molar-refractivity contribution in [1.82, 2.24) is 4.98 Å². The van der Waals surface area contributed by atoms with Crippen molar-refractivity contribution in [3.63, 3.8) is 0 Å². The second-order valence-electron chi connectivity index (χ2n) is 2.37. The monoisotopic (exact) mass is 265 g/mol. The lowest BCUT2D eigenvalue weighted by Gasteiger charge is -1.91. The molecule has 4 heteroatoms. The van der Waals surface area contributed by atoms with E-state index >= 15 is 0 Å². The van der Waals surface area contributed by atoms with Crippen LogP contribution in [0.2, 0.25) is 0 Å². The van der Waals surface area contributed by atoms with E-state index in [0.717, 1.165) is 15.0 Å². The first-order valence-electron chi connectivity index (χ1n) is 3.12. The molecule has 0 bridgehead atoms. The van der Waals surface area contributed by atoms with Crippen LogP contribution in [-0.4, -0.2) is 16.1 Å². The largest absolute Gasteiger partial charge is 0.478 e. The van der Waals surface area contributed by atoms with Crippen LogP contribution in [0.3, 0.4) is 0 Å². The van der Waals surface area contributed by atoms with Gasteiger partial charge in [0.1, 0.15) is 0 Å². The molecule has 0 aliphatic carbocycles. The molecule has 2 N–H and O–H groups in total. The first-order valence-corrected chi connectivity index (χ1v) is 4.20. The molecular formula is C7H8INO2. The van der Waals surface area contributed by atoms with Crippen molar-refractivity contribution in [2.75, 3.05) is 0 Å². The second-order valence-corrected chi connectivity index (χ2v) is 3.45. The molecule has 1 aromatic rings. The molecule has 0 atom stereocenters. The number of H-pyrrole nitrogens is 1. The summed E-state index contributed by atoms with van der Waals surface area (Å²) >= 11 is 2.09. The van der Waals surface area contributed by atoms with Crippen molar-refractivity contribution >= 4 is 28.6 Å². The van der Waals surface area contributed by atoms with Crippen LogP contribution in [0.25, 0.3) is 0 Å². The predicted octanol–water partition coefficient (Wildman–Crippen LogP) is 1.93. The molecule has 3 nitrogen and oxygen atoms in total. The number of hydrogen-bond donors (Lipinski definition) is 2. The van der Waals surface area contributed by atoms with Gasteiger partial charge in [-0.05, 0) is 42.0 Å². The number of carbonyl (C=O) groups is 1. The summed E-state index contributed by atoms with van der Waals surface area (Å²) in [7, 11) is 0. The Bertz CT molecular complexity index is 304. The van der Waals surface area contributed by atoms with Crippen LogP contribution < -0.4 is 0 Å². The van der Waals surface area contributed by atoms with Gasteiger partial charge in [-0.1, -0.05) is 0 Å². The molecule has 0 saturated carbocycles. The fourth-order valence-electron chi connectivity index (χ4n) is 1.03. The average Bonchev–Trinajstić information content (AvgIpc) is 2.07. The highest BCUT2D eigenvalue weighted by Crippen LogP contribution is 2.18. The minimum Gasteiger partial charge on any atom is -0.478 e. The lowest BCUT2D eigenvalue weighted by molar-refractivity contribution is 0.0695. The Kier molecular flexibility index (Phi) is 2.22. The van der Waals surface area contributed by atoms with E-state index in [4.69, 9.17) is 5.11 Å². The molecule has 0 aliphatic rings. The van der Waals surface area contributed by atoms with Crippen molar-refractivity contribution in [1.29, 1.82) is 0 Å². The zero-order valence-corrected chi connectivity index (χ0v) is 8.39. The standard InChI is InChI=1S/C7H8INO2/c1-3-5(7(10)11)4(2)9-6(3)8/h9H,1-2H3,(H,10,11). The van der Waals surface area contributed by atoms with Crippen LogP contribution in [0.4, 0.5) is 0 Å². The summed E-state index contributed by atoms with van der Waals surface area (Å²) in [6, 6.07) is 0. The van der Waals surface area contributed by atoms with Crippen LogP contribution in [0.15, 0.2) is 0 Å². The molecule has 0 fully saturated rings. The van der Waals surface area contributed by atoms with Crippen LogP contribution in [0.1, 0.15) is 21.6 Å². The molecule has 0 radical (unpaired) electrons. The van der Waals surface area contributed by atoms with Crippen LogP contribution in [0, 0.1) is 17.5 Å². The minimum absolute atomic E-state index is 0.398. The lowest BCUT2D eigenvalue weighted by atomic mass is 10.2. The minimum atomic E-state index is -0.862. The van der Waals surface area contributed by atoms with Gasteiger partial charge >= 0.3 is 5.97 Å². The highest BCUT2D eigenvalue weighted by atomic mass is 127. The van der Waals surface area contributed by atoms with Gasteiger partial charge in [-0.2, -0.15) is 0 Å². The van der Waals surface area contributed by atoms with Crippen LogP contribution >= 0.6 is 22.6 Å². The SMILES string of the molecule is Cc1[nH]c(I)c(C)c1C(=O)O. The summed E-state index contributed by atoms with van der Waals surface area (Å²) in [5, 5.41) is 8.74. The van der Waals surface area contributed by atoms with E-state index in [1.54, 1.807) is 13.8 Å². The zero-order valence-electron chi connectivity index (χ0n) is 6.23. The van der Waals surface area contributed by atoms with E-state index in [1.807, 2.05) is 0 Å². The summed E-state index contributed by atoms with van der Waals surface area (Å²) < 4.78 is 0.900. The highest BCUT2D eigenvalue weighted by molar-refractivity contribution is 14.1. The molecule has 11 heavy (non-hydrogen) atoms. The maximum Gasteiger partial charge on any atom is 0.337 e. The van der Waals surface area contributed by atoms with Gasteiger partial charge in [-0.3, -0.25) is 0 Å². The topological polar surface area (TPSA) is 53.1 Å². The van der Waals surface area contributed by atoms with Crippen molar-refractivity contribution < 1.29 is 9.90 Å². The fraction of sp³-hybridized carbons (Fsp3) is 0.286. The van der Waals surface area contributed by atoms with E-state index in [0.29, 0.717) is 5.56 Å². The molecule has 0 aliphatic heterocycles. The third-order valence-corrected chi connectivity index (χ3v) is 2.67. The molecule has 1 aromatic heterocycles. The van der Waals surface area contributed by atoms with E-state index < -0.39 is 5.97 Å². The van der Waals surface area contributed by atoms with Crippen molar-refractivity contribution in [3.05, 3.63) is 20.5 Å². The molecule has 1 heterocycles. The Hall–Kier alpha value is -0.520. The van der Waals surface area contributed by atoms with Crippen LogP contribution in [-0.2, 0) is 0 Å². The molecule has 60 valence electrons. The number of aromatic nitrogens is 1. The van der Waals surface area contributed by atoms with Gasteiger partial charge in [-0.25, -0.2) is 4.79 Å². The zero-order chi connectivity index (χ0) is 8.59. The van der Waals surface area contributed by atoms with Gasteiger partial charge in [0.2, 0.25) is 0 Å². The van der Waals surface area contributed by atoms with Gasteiger partial charge in [0.05, 0.1) is 9.26 Å². The Labute approximate surface area is 78.0 Å². The average molecular weight is 265 g/mol. The summed E-state index contributed by atoms with van der Waals surface area (Å²) in [4.78, 5) is 13.6. The third-order valence-electron chi connectivity index (χ3n) is 1.59. The van der Waals surface area contributed by atoms with E-state index in [-0.39, 0.29) is 0 Å². The maximum atomic E-state index is 10.6. The molecule has 0 amide bonds. The number of rotatable bonds is 1. The predicted molar refractivity (Wildman–Crippen MR) is 49.9 cm³/mol. The van der Waals surface area contributed by atoms with Crippen molar-refractivity contribution in [2.45, 2.75) is 13.8 Å². The number of nitrogens with one attached hydrogen (secondary N) is 1. The Balaban J connectivity index is 3.34. The maximum absolute atomic E-state index is 10.6. The normalized spacial score (nSPS) is 10.1. The van der Waals surface area contributed by atoms with E-state index in [1.165, 1.54) is 0 Å². The summed E-state index contributed by atoms with van der Waals surface area (Å²) in [6.07, 6.45) is 0. The summed E-state index contributed by atoms with van der Waals surface area (Å²) in [6.45, 7) is 3.56. The highest BCUT2D eigenvalue weighted by Gasteiger charge is 2.14. The molecule has 0 unspecified atom stereocenters. The molecular weight excluding hydrogens is 257 g/mol. The Morgan fingerprint density at radius 3 is 2.27 bits per heavy atom. The number of halogens is 1. The Morgan fingerprint density at radius 2 is 2.09 bits per heavy atom. The number of carboxylic acid groups (broad SMARTS) is 1. The number of carboxylic acids is 1. The van der Waals surface area contributed by atoms with Gasteiger partial charge in [0.25, 0.3) is 0 Å². The van der Waals surface area contributed by atoms with E-state index in [2.05, 4.69) is 27.6 Å². The summed E-state index contributed by atoms with van der Waals surface area (Å²) in [5.74, 6) is -0.862. The number of aryl methyl sites for hydroxylation is 1. The van der Waals surface area contributed by atoms with Crippen molar-refractivity contribution in [3.8, 4) is 0 Å². The third kappa shape index (κ3) is 1.40. The lowest BCUT2D eigenvalue weighted by Crippen LogP contribution is -1.98. The van der Waals surface area contributed by atoms with E-state index in [9.17, 15) is 4.79 Å². The molecule has 0 spiro atoms. The molecule has 0 saturated heterocycles.